The summed E-state index contributed by atoms with van der Waals surface area (Å²) in [6.07, 6.45) is 0. The number of para-hydroxylation sites is 1. The van der Waals surface area contributed by atoms with E-state index in [1.165, 1.54) is 98.7 Å². The van der Waals surface area contributed by atoms with Crippen molar-refractivity contribution in [2.45, 2.75) is 0 Å². The van der Waals surface area contributed by atoms with Crippen LogP contribution in [0, 0.1) is 0 Å². The van der Waals surface area contributed by atoms with Crippen LogP contribution < -0.4 is 0 Å². The van der Waals surface area contributed by atoms with Crippen LogP contribution in [0.1, 0.15) is 0 Å². The molecule has 78 heavy (non-hydrogen) atoms. The number of furan rings is 2. The van der Waals surface area contributed by atoms with Gasteiger partial charge in [-0.05, 0) is 176 Å². The predicted octanol–water partition coefficient (Wildman–Crippen LogP) is 21.8. The monoisotopic (exact) mass is 990 g/mol. The van der Waals surface area contributed by atoms with Crippen LogP contribution >= 0.6 is 0 Å². The van der Waals surface area contributed by atoms with Gasteiger partial charge in [-0.25, -0.2) is 0 Å². The van der Waals surface area contributed by atoms with Gasteiger partial charge in [0.25, 0.3) is 0 Å². The molecule has 0 bridgehead atoms. The summed E-state index contributed by atoms with van der Waals surface area (Å²) in [4.78, 5) is 0. The second kappa shape index (κ2) is 17.7. The summed E-state index contributed by atoms with van der Waals surface area (Å²) in [5.41, 5.74) is 20.2. The number of fused-ring (bicyclic) bond motifs is 10. The molecule has 0 aliphatic heterocycles. The van der Waals surface area contributed by atoms with Crippen molar-refractivity contribution in [2.75, 3.05) is 0 Å². The Balaban J connectivity index is 0.759. The molecule has 2 heteroatoms. The first-order valence-corrected chi connectivity index (χ1v) is 26.8. The Labute approximate surface area is 450 Å². The molecule has 0 aliphatic carbocycles. The summed E-state index contributed by atoms with van der Waals surface area (Å²) in [5.74, 6) is 0. The Morgan fingerprint density at radius 1 is 0.141 bits per heavy atom. The average molecular weight is 991 g/mol. The highest BCUT2D eigenvalue weighted by Crippen LogP contribution is 2.48. The van der Waals surface area contributed by atoms with E-state index in [0.29, 0.717) is 0 Å². The molecule has 0 aliphatic rings. The Kier molecular flexibility index (Phi) is 9.98. The number of benzene rings is 14. The second-order valence-electron chi connectivity index (χ2n) is 20.6. The smallest absolute Gasteiger partial charge is 0.136 e. The molecule has 16 aromatic rings. The third-order valence-electron chi connectivity index (χ3n) is 16.2. The van der Waals surface area contributed by atoms with Crippen molar-refractivity contribution in [2.24, 2.45) is 0 Å². The molecule has 16 rings (SSSR count). The Bertz CT molecular complexity index is 4960. The number of hydrogen-bond donors (Lipinski definition) is 0. The third kappa shape index (κ3) is 7.04. The van der Waals surface area contributed by atoms with Crippen LogP contribution in [0.5, 0.6) is 0 Å². The van der Waals surface area contributed by atoms with Crippen molar-refractivity contribution in [3.05, 3.63) is 279 Å². The zero-order valence-corrected chi connectivity index (χ0v) is 42.4. The van der Waals surface area contributed by atoms with Crippen LogP contribution in [0.15, 0.2) is 288 Å². The van der Waals surface area contributed by atoms with E-state index < -0.39 is 0 Å². The SMILES string of the molecule is c1ccc(-c2ccc(-c3c4ccccc4c(-c4ccc5oc6cc(-c7cccc(-c8cccc(-c9c%10ccccc%10c(-c%10ccc%11oc%12ccccc%12c%11c%10)c%10ccccc9%10)c8)c7)ccc6c5c4)c4ccccc34)cc2)cc1. The molecule has 0 atom stereocenters. The molecule has 0 amide bonds. The number of rotatable bonds is 7. The van der Waals surface area contributed by atoms with Gasteiger partial charge >= 0.3 is 0 Å². The van der Waals surface area contributed by atoms with Crippen molar-refractivity contribution in [3.63, 3.8) is 0 Å². The van der Waals surface area contributed by atoms with Crippen molar-refractivity contribution in [3.8, 4) is 77.9 Å². The lowest BCUT2D eigenvalue weighted by atomic mass is 9.85. The van der Waals surface area contributed by atoms with Crippen molar-refractivity contribution in [1.82, 2.24) is 0 Å². The van der Waals surface area contributed by atoms with E-state index in [4.69, 9.17) is 8.83 Å². The minimum atomic E-state index is 0.872. The molecule has 0 fully saturated rings. The Hall–Kier alpha value is -10.3. The first-order chi connectivity index (χ1) is 38.7. The zero-order chi connectivity index (χ0) is 51.3. The van der Waals surface area contributed by atoms with E-state index in [2.05, 4.69) is 267 Å². The highest BCUT2D eigenvalue weighted by atomic mass is 16.3. The fraction of sp³-hybridized carbons (Fsp3) is 0. The topological polar surface area (TPSA) is 26.3 Å². The molecule has 0 radical (unpaired) electrons. The summed E-state index contributed by atoms with van der Waals surface area (Å²) in [5, 5.41) is 14.3. The lowest BCUT2D eigenvalue weighted by molar-refractivity contribution is 0.668. The Morgan fingerprint density at radius 2 is 0.436 bits per heavy atom. The summed E-state index contributed by atoms with van der Waals surface area (Å²) in [6, 6.07) is 101. The molecule has 0 spiro atoms. The van der Waals surface area contributed by atoms with E-state index in [1.807, 2.05) is 12.1 Å². The maximum absolute atomic E-state index is 6.71. The van der Waals surface area contributed by atoms with Gasteiger partial charge in [0.05, 0.1) is 0 Å². The summed E-state index contributed by atoms with van der Waals surface area (Å²) in [7, 11) is 0. The average Bonchev–Trinajstić information content (AvgIpc) is 4.15. The first-order valence-electron chi connectivity index (χ1n) is 26.8. The van der Waals surface area contributed by atoms with Gasteiger partial charge in [0.1, 0.15) is 22.3 Å². The maximum Gasteiger partial charge on any atom is 0.136 e. The molecule has 0 N–H and O–H groups in total. The van der Waals surface area contributed by atoms with E-state index in [0.717, 1.165) is 66.1 Å². The van der Waals surface area contributed by atoms with Gasteiger partial charge in [-0.15, -0.1) is 0 Å². The molecule has 14 aromatic carbocycles. The van der Waals surface area contributed by atoms with Crippen LogP contribution in [0.2, 0.25) is 0 Å². The fourth-order valence-corrected chi connectivity index (χ4v) is 12.7. The number of hydrogen-bond acceptors (Lipinski definition) is 2. The van der Waals surface area contributed by atoms with E-state index in [9.17, 15) is 0 Å². The molecular weight excluding hydrogens is 945 g/mol. The predicted molar refractivity (Wildman–Crippen MR) is 329 cm³/mol. The summed E-state index contributed by atoms with van der Waals surface area (Å²) in [6.45, 7) is 0. The lowest BCUT2D eigenvalue weighted by Crippen LogP contribution is -1.91. The van der Waals surface area contributed by atoms with E-state index in [1.54, 1.807) is 0 Å². The van der Waals surface area contributed by atoms with Crippen molar-refractivity contribution >= 4 is 87.0 Å². The van der Waals surface area contributed by atoms with Gasteiger partial charge in [-0.2, -0.15) is 0 Å². The molecule has 362 valence electrons. The van der Waals surface area contributed by atoms with Crippen molar-refractivity contribution < 1.29 is 8.83 Å². The quantitative estimate of drug-likeness (QED) is 0.149. The van der Waals surface area contributed by atoms with E-state index >= 15 is 0 Å². The van der Waals surface area contributed by atoms with Gasteiger partial charge in [0, 0.05) is 21.5 Å². The normalized spacial score (nSPS) is 11.8. The van der Waals surface area contributed by atoms with Crippen LogP contribution in [-0.4, -0.2) is 0 Å². The highest BCUT2D eigenvalue weighted by Gasteiger charge is 2.21. The molecular formula is C76H46O2. The van der Waals surface area contributed by atoms with Gasteiger partial charge in [-0.3, -0.25) is 0 Å². The van der Waals surface area contributed by atoms with Crippen LogP contribution in [0.3, 0.4) is 0 Å². The minimum absolute atomic E-state index is 0.872. The highest BCUT2D eigenvalue weighted by molar-refractivity contribution is 6.24. The molecule has 0 saturated carbocycles. The molecule has 0 unspecified atom stereocenters. The van der Waals surface area contributed by atoms with Gasteiger partial charge < -0.3 is 8.83 Å². The Morgan fingerprint density at radius 3 is 0.936 bits per heavy atom. The minimum Gasteiger partial charge on any atom is -0.456 e. The van der Waals surface area contributed by atoms with Crippen LogP contribution in [0.25, 0.3) is 165 Å². The summed E-state index contributed by atoms with van der Waals surface area (Å²) < 4.78 is 13.0. The first kappa shape index (κ1) is 44.1. The fourth-order valence-electron chi connectivity index (χ4n) is 12.7. The third-order valence-corrected chi connectivity index (χ3v) is 16.2. The van der Waals surface area contributed by atoms with E-state index in [-0.39, 0.29) is 0 Å². The second-order valence-corrected chi connectivity index (χ2v) is 20.6. The standard InChI is InChI=1S/C76H46O2/c1-2-16-47(17-3-1)48-32-34-49(35-33-48)73-59-23-4-6-25-61(59)75(62-26-7-5-24-60(62)73)56-38-41-71-68(45-56)58-39-36-53(46-72(58)78-71)51-19-14-18-50(42-51)52-20-15-21-54(43-52)74-63-27-8-10-29-65(63)76(66-30-11-9-28-64(66)74)55-37-40-70-67(44-55)57-22-12-13-31-69(57)77-70/h1-46H. The molecule has 2 nitrogen and oxygen atoms in total. The molecule has 2 aromatic heterocycles. The maximum atomic E-state index is 6.71. The van der Waals surface area contributed by atoms with Gasteiger partial charge in [0.15, 0.2) is 0 Å². The van der Waals surface area contributed by atoms with Crippen LogP contribution in [-0.2, 0) is 0 Å². The van der Waals surface area contributed by atoms with Gasteiger partial charge in [-0.1, -0.05) is 224 Å². The zero-order valence-electron chi connectivity index (χ0n) is 42.4. The molecule has 2 heterocycles. The lowest BCUT2D eigenvalue weighted by Gasteiger charge is -2.18. The van der Waals surface area contributed by atoms with Crippen molar-refractivity contribution in [1.29, 1.82) is 0 Å². The van der Waals surface area contributed by atoms with Crippen LogP contribution in [0.4, 0.5) is 0 Å². The molecule has 0 saturated heterocycles. The largest absolute Gasteiger partial charge is 0.456 e. The summed E-state index contributed by atoms with van der Waals surface area (Å²) >= 11 is 0. The van der Waals surface area contributed by atoms with Gasteiger partial charge in [0.2, 0.25) is 0 Å².